The quantitative estimate of drug-likeness (QED) is 0.252. The summed E-state index contributed by atoms with van der Waals surface area (Å²) < 4.78 is 10.0. The van der Waals surface area contributed by atoms with Crippen molar-refractivity contribution in [3.05, 3.63) is 10.4 Å². The van der Waals surface area contributed by atoms with Gasteiger partial charge >= 0.3 is 11.9 Å². The molecule has 2 aliphatic rings. The molecule has 0 saturated carbocycles. The van der Waals surface area contributed by atoms with Crippen molar-refractivity contribution < 1.29 is 23.9 Å². The van der Waals surface area contributed by atoms with Crippen molar-refractivity contribution in [2.75, 3.05) is 7.11 Å². The van der Waals surface area contributed by atoms with E-state index in [1.165, 1.54) is 4.90 Å². The molecule has 0 aliphatic carbocycles. The van der Waals surface area contributed by atoms with Crippen molar-refractivity contribution >= 4 is 17.8 Å². The summed E-state index contributed by atoms with van der Waals surface area (Å²) in [5.74, 6) is -1.90. The maximum Gasteiger partial charge on any atom is 0.329 e. The first-order valence-electron chi connectivity index (χ1n) is 6.85. The summed E-state index contributed by atoms with van der Waals surface area (Å²) in [7, 11) is 1.15. The third kappa shape index (κ3) is 2.37. The Hall–Kier alpha value is -2.28. The number of hydrogen-bond donors (Lipinski definition) is 0. The number of methoxy groups -OCH3 is 1. The highest BCUT2D eigenvalue weighted by Crippen LogP contribution is 2.45. The lowest BCUT2D eigenvalue weighted by Crippen LogP contribution is -2.60. The number of nitrogens with zero attached hydrogens (tertiary/aromatic N) is 4. The standard InChI is InChI=1S/C13H18N4O5/c1-12(2,3)22-11(20)13(15-16-14)6-7-5-8(18)17(7)9(13)10(19)21-4/h7,9H,5-6H2,1-4H3/t7-,9-,13?/m0/s1. The van der Waals surface area contributed by atoms with Gasteiger partial charge in [0, 0.05) is 17.4 Å². The van der Waals surface area contributed by atoms with E-state index in [2.05, 4.69) is 10.0 Å². The molecule has 2 rings (SSSR count). The van der Waals surface area contributed by atoms with Gasteiger partial charge in [-0.15, -0.1) is 0 Å². The number of ether oxygens (including phenoxy) is 2. The Morgan fingerprint density at radius 3 is 2.55 bits per heavy atom. The van der Waals surface area contributed by atoms with E-state index in [-0.39, 0.29) is 24.8 Å². The van der Waals surface area contributed by atoms with Crippen molar-refractivity contribution in [1.29, 1.82) is 0 Å². The molecular weight excluding hydrogens is 292 g/mol. The van der Waals surface area contributed by atoms with Gasteiger partial charge in [-0.25, -0.2) is 4.79 Å². The van der Waals surface area contributed by atoms with Gasteiger partial charge in [-0.1, -0.05) is 5.11 Å². The van der Waals surface area contributed by atoms with Gasteiger partial charge < -0.3 is 14.4 Å². The first-order chi connectivity index (χ1) is 10.2. The molecule has 1 unspecified atom stereocenters. The average Bonchev–Trinajstić information content (AvgIpc) is 2.66. The van der Waals surface area contributed by atoms with Crippen LogP contribution in [0.2, 0.25) is 0 Å². The molecule has 2 fully saturated rings. The zero-order valence-corrected chi connectivity index (χ0v) is 12.9. The van der Waals surface area contributed by atoms with Crippen molar-refractivity contribution in [3.8, 4) is 0 Å². The highest BCUT2D eigenvalue weighted by atomic mass is 16.6. The van der Waals surface area contributed by atoms with E-state index >= 15 is 0 Å². The zero-order chi connectivity index (χ0) is 16.7. The first-order valence-corrected chi connectivity index (χ1v) is 6.85. The van der Waals surface area contributed by atoms with Gasteiger partial charge in [0.15, 0.2) is 11.6 Å². The number of esters is 2. The molecule has 0 aromatic heterocycles. The van der Waals surface area contributed by atoms with Crippen LogP contribution in [0.5, 0.6) is 0 Å². The lowest BCUT2D eigenvalue weighted by Gasteiger charge is -2.38. The minimum absolute atomic E-state index is 0.0531. The molecule has 0 spiro atoms. The van der Waals surface area contributed by atoms with Crippen molar-refractivity contribution in [2.24, 2.45) is 5.11 Å². The summed E-state index contributed by atoms with van der Waals surface area (Å²) in [5, 5.41) is 3.58. The van der Waals surface area contributed by atoms with E-state index in [0.29, 0.717) is 0 Å². The van der Waals surface area contributed by atoms with Crippen LogP contribution in [-0.4, -0.2) is 53.1 Å². The summed E-state index contributed by atoms with van der Waals surface area (Å²) in [4.78, 5) is 40.4. The molecule has 2 aliphatic heterocycles. The molecule has 2 saturated heterocycles. The fourth-order valence-corrected chi connectivity index (χ4v) is 2.92. The van der Waals surface area contributed by atoms with Crippen molar-refractivity contribution in [3.63, 3.8) is 0 Å². The second-order valence-corrected chi connectivity index (χ2v) is 6.40. The highest BCUT2D eigenvalue weighted by Gasteiger charge is 2.66. The van der Waals surface area contributed by atoms with E-state index < -0.39 is 29.1 Å². The van der Waals surface area contributed by atoms with Crippen LogP contribution in [-0.2, 0) is 23.9 Å². The van der Waals surface area contributed by atoms with E-state index in [4.69, 9.17) is 15.0 Å². The Bertz CT molecular complexity index is 577. The fraction of sp³-hybridized carbons (Fsp3) is 0.769. The van der Waals surface area contributed by atoms with Gasteiger partial charge in [-0.3, -0.25) is 9.59 Å². The second kappa shape index (κ2) is 5.17. The maximum atomic E-state index is 12.6. The van der Waals surface area contributed by atoms with Gasteiger partial charge in [-0.2, -0.15) is 0 Å². The topological polar surface area (TPSA) is 122 Å². The molecule has 0 aromatic rings. The normalized spacial score (nSPS) is 30.0. The minimum atomic E-state index is -1.79. The van der Waals surface area contributed by atoms with Gasteiger partial charge in [0.1, 0.15) is 5.60 Å². The van der Waals surface area contributed by atoms with E-state index in [1.807, 2.05) is 0 Å². The lowest BCUT2D eigenvalue weighted by molar-refractivity contribution is -0.169. The average molecular weight is 310 g/mol. The third-order valence-corrected chi connectivity index (χ3v) is 3.77. The number of fused-ring (bicyclic) bond motifs is 1. The maximum absolute atomic E-state index is 12.6. The Morgan fingerprint density at radius 2 is 2.09 bits per heavy atom. The Morgan fingerprint density at radius 1 is 1.45 bits per heavy atom. The molecule has 22 heavy (non-hydrogen) atoms. The smallest absolute Gasteiger partial charge is 0.329 e. The molecule has 0 N–H and O–H groups in total. The minimum Gasteiger partial charge on any atom is -0.467 e. The molecule has 120 valence electrons. The summed E-state index contributed by atoms with van der Waals surface area (Å²) in [6.45, 7) is 4.99. The van der Waals surface area contributed by atoms with Crippen LogP contribution >= 0.6 is 0 Å². The number of carbonyl (C=O) groups is 3. The molecule has 2 heterocycles. The Balaban J connectivity index is 2.47. The van der Waals surface area contributed by atoms with Crippen LogP contribution in [0.25, 0.3) is 10.4 Å². The van der Waals surface area contributed by atoms with Crippen LogP contribution in [0.15, 0.2) is 5.11 Å². The zero-order valence-electron chi connectivity index (χ0n) is 12.9. The Kier molecular flexibility index (Phi) is 3.78. The molecule has 0 bridgehead atoms. The molecule has 0 radical (unpaired) electrons. The van der Waals surface area contributed by atoms with Crippen LogP contribution in [0, 0.1) is 0 Å². The lowest BCUT2D eigenvalue weighted by atomic mass is 9.89. The fourth-order valence-electron chi connectivity index (χ4n) is 2.92. The number of carbonyl (C=O) groups excluding carboxylic acids is 3. The van der Waals surface area contributed by atoms with E-state index in [1.54, 1.807) is 20.8 Å². The number of azide groups is 1. The van der Waals surface area contributed by atoms with Crippen molar-refractivity contribution in [2.45, 2.75) is 56.8 Å². The molecule has 0 aromatic carbocycles. The summed E-state index contributed by atoms with van der Waals surface area (Å²) >= 11 is 0. The first kappa shape index (κ1) is 16.1. The number of rotatable bonds is 3. The van der Waals surface area contributed by atoms with Crippen molar-refractivity contribution in [1.82, 2.24) is 4.90 Å². The molecular formula is C13H18N4O5. The number of hydrogen-bond acceptors (Lipinski definition) is 6. The highest BCUT2D eigenvalue weighted by molar-refractivity contribution is 5.98. The molecule has 3 atom stereocenters. The van der Waals surface area contributed by atoms with Crippen LogP contribution in [0.3, 0.4) is 0 Å². The van der Waals surface area contributed by atoms with Gasteiger partial charge in [0.05, 0.1) is 7.11 Å². The van der Waals surface area contributed by atoms with Gasteiger partial charge in [0.25, 0.3) is 0 Å². The summed E-state index contributed by atoms with van der Waals surface area (Å²) in [5.41, 5.74) is 6.26. The number of β-lactam (4-membered cyclic amide) rings is 1. The number of amides is 1. The van der Waals surface area contributed by atoms with E-state index in [0.717, 1.165) is 7.11 Å². The van der Waals surface area contributed by atoms with Gasteiger partial charge in [0.2, 0.25) is 5.91 Å². The molecule has 1 amide bonds. The molecule has 9 heteroatoms. The van der Waals surface area contributed by atoms with Crippen LogP contribution < -0.4 is 0 Å². The van der Waals surface area contributed by atoms with E-state index in [9.17, 15) is 14.4 Å². The predicted octanol–water partition coefficient (Wildman–Crippen LogP) is 0.923. The summed E-state index contributed by atoms with van der Waals surface area (Å²) in [6.07, 6.45) is 0.260. The predicted molar refractivity (Wildman–Crippen MR) is 73.4 cm³/mol. The van der Waals surface area contributed by atoms with Crippen LogP contribution in [0.1, 0.15) is 33.6 Å². The van der Waals surface area contributed by atoms with Gasteiger partial charge in [-0.05, 0) is 32.7 Å². The summed E-state index contributed by atoms with van der Waals surface area (Å²) in [6, 6.07) is -1.61. The monoisotopic (exact) mass is 310 g/mol. The third-order valence-electron chi connectivity index (χ3n) is 3.77. The second-order valence-electron chi connectivity index (χ2n) is 6.40. The van der Waals surface area contributed by atoms with Crippen LogP contribution in [0.4, 0.5) is 0 Å². The SMILES string of the molecule is COC(=O)[C@@H]1N2C(=O)C[C@H]2CC1(N=[N+]=[N-])C(=O)OC(C)(C)C. The molecule has 9 nitrogen and oxygen atoms in total. The Labute approximate surface area is 127 Å². The largest absolute Gasteiger partial charge is 0.467 e.